The first-order valence-corrected chi connectivity index (χ1v) is 8.43. The molecule has 2 heteroatoms. The molecule has 0 radical (unpaired) electrons. The van der Waals surface area contributed by atoms with E-state index in [-0.39, 0.29) is 0 Å². The van der Waals surface area contributed by atoms with Crippen LogP contribution in [0.3, 0.4) is 0 Å². The summed E-state index contributed by atoms with van der Waals surface area (Å²) in [5.41, 5.74) is 0.808. The van der Waals surface area contributed by atoms with E-state index in [9.17, 15) is 0 Å². The second kappa shape index (κ2) is 4.21. The van der Waals surface area contributed by atoms with Crippen molar-refractivity contribution in [1.82, 2.24) is 0 Å². The van der Waals surface area contributed by atoms with Crippen LogP contribution in [0.4, 0.5) is 0 Å². The van der Waals surface area contributed by atoms with Crippen molar-refractivity contribution >= 4 is 0 Å². The second-order valence-electron chi connectivity index (χ2n) is 8.00. The van der Waals surface area contributed by atoms with E-state index in [1.807, 2.05) is 0 Å². The molecule has 2 nitrogen and oxygen atoms in total. The lowest BCUT2D eigenvalue weighted by atomic mass is 9.54. The van der Waals surface area contributed by atoms with Crippen LogP contribution in [0.5, 0.6) is 0 Å². The van der Waals surface area contributed by atoms with Crippen LogP contribution in [-0.4, -0.2) is 23.9 Å². The Morgan fingerprint density at radius 3 is 2.74 bits per heavy atom. The fraction of sp³-hybridized carbons (Fsp3) is 1.00. The molecule has 1 saturated heterocycles. The third-order valence-electron chi connectivity index (χ3n) is 7.45. The molecule has 0 aromatic carbocycles. The normalized spacial score (nSPS) is 55.9. The van der Waals surface area contributed by atoms with Crippen LogP contribution in [-0.2, 0) is 4.74 Å². The monoisotopic (exact) mass is 264 g/mol. The molecule has 1 heterocycles. The number of aliphatic hydroxyl groups excluding tert-OH is 1. The summed E-state index contributed by atoms with van der Waals surface area (Å²) < 4.78 is 5.94. The van der Waals surface area contributed by atoms with Crippen molar-refractivity contribution in [2.75, 3.05) is 13.2 Å². The van der Waals surface area contributed by atoms with Crippen LogP contribution in [0.2, 0.25) is 0 Å². The van der Waals surface area contributed by atoms with Crippen LogP contribution < -0.4 is 0 Å². The molecule has 6 atom stereocenters. The van der Waals surface area contributed by atoms with Gasteiger partial charge >= 0.3 is 0 Å². The zero-order valence-electron chi connectivity index (χ0n) is 12.2. The Kier molecular flexibility index (Phi) is 2.80. The van der Waals surface area contributed by atoms with E-state index in [0.717, 1.165) is 36.7 Å². The summed E-state index contributed by atoms with van der Waals surface area (Å²) in [5.74, 6) is 3.67. The molecule has 108 valence electrons. The van der Waals surface area contributed by atoms with Gasteiger partial charge in [0.15, 0.2) is 0 Å². The summed E-state index contributed by atoms with van der Waals surface area (Å²) in [4.78, 5) is 0. The summed E-state index contributed by atoms with van der Waals surface area (Å²) in [6, 6.07) is 0. The number of hydrogen-bond donors (Lipinski definition) is 1. The van der Waals surface area contributed by atoms with E-state index in [4.69, 9.17) is 9.84 Å². The van der Waals surface area contributed by atoms with Gasteiger partial charge in [0.2, 0.25) is 0 Å². The highest BCUT2D eigenvalue weighted by atomic mass is 16.6. The van der Waals surface area contributed by atoms with E-state index in [1.54, 1.807) is 0 Å². The minimum atomic E-state index is 0.310. The maximum absolute atomic E-state index is 9.17. The average Bonchev–Trinajstić information content (AvgIpc) is 3.13. The van der Waals surface area contributed by atoms with Gasteiger partial charge in [-0.05, 0) is 68.6 Å². The lowest BCUT2D eigenvalue weighted by molar-refractivity contribution is -0.0314. The smallest absolute Gasteiger partial charge is 0.0972 e. The molecule has 1 aliphatic heterocycles. The first-order valence-electron chi connectivity index (χ1n) is 8.43. The van der Waals surface area contributed by atoms with Crippen molar-refractivity contribution in [3.8, 4) is 0 Å². The predicted molar refractivity (Wildman–Crippen MR) is 74.8 cm³/mol. The van der Waals surface area contributed by atoms with Gasteiger partial charge in [0.25, 0.3) is 0 Å². The fourth-order valence-corrected chi connectivity index (χ4v) is 6.17. The Labute approximate surface area is 116 Å². The zero-order valence-corrected chi connectivity index (χ0v) is 12.2. The Morgan fingerprint density at radius 1 is 1.16 bits per heavy atom. The van der Waals surface area contributed by atoms with Crippen molar-refractivity contribution in [3.05, 3.63) is 0 Å². The van der Waals surface area contributed by atoms with Gasteiger partial charge in [0.1, 0.15) is 0 Å². The Hall–Kier alpha value is -0.0800. The lowest BCUT2D eigenvalue weighted by Gasteiger charge is -2.51. The van der Waals surface area contributed by atoms with E-state index in [2.05, 4.69) is 6.92 Å². The molecule has 0 unspecified atom stereocenters. The third-order valence-corrected chi connectivity index (χ3v) is 7.45. The van der Waals surface area contributed by atoms with Gasteiger partial charge in [-0.3, -0.25) is 0 Å². The first kappa shape index (κ1) is 12.6. The minimum Gasteiger partial charge on any atom is -0.396 e. The van der Waals surface area contributed by atoms with E-state index < -0.39 is 0 Å². The summed E-state index contributed by atoms with van der Waals surface area (Å²) >= 11 is 0. The molecular formula is C17H28O2. The van der Waals surface area contributed by atoms with Crippen molar-refractivity contribution in [1.29, 1.82) is 0 Å². The minimum absolute atomic E-state index is 0.310. The highest BCUT2D eigenvalue weighted by Crippen LogP contribution is 2.68. The van der Waals surface area contributed by atoms with Crippen LogP contribution in [0, 0.1) is 29.1 Å². The van der Waals surface area contributed by atoms with Crippen molar-refractivity contribution in [3.63, 3.8) is 0 Å². The Morgan fingerprint density at radius 2 is 2.00 bits per heavy atom. The predicted octanol–water partition coefficient (Wildman–Crippen LogP) is 3.38. The third kappa shape index (κ3) is 1.68. The molecule has 0 amide bonds. The second-order valence-corrected chi connectivity index (χ2v) is 8.00. The van der Waals surface area contributed by atoms with E-state index >= 15 is 0 Å². The van der Waals surface area contributed by atoms with Gasteiger partial charge in [-0.25, -0.2) is 0 Å². The van der Waals surface area contributed by atoms with Gasteiger partial charge in [-0.2, -0.15) is 0 Å². The molecule has 3 aliphatic carbocycles. The molecule has 1 N–H and O–H groups in total. The SMILES string of the molecule is C[C@]12CC[C@@H]3C[C@H](CCO)CC[C@H]3[C@@H]1CC[C@@]21CO1. The van der Waals surface area contributed by atoms with Gasteiger partial charge in [0, 0.05) is 12.0 Å². The Bertz CT molecular complexity index is 362. The van der Waals surface area contributed by atoms with E-state index in [1.165, 1.54) is 44.9 Å². The maximum atomic E-state index is 9.17. The number of aliphatic hydroxyl groups is 1. The highest BCUT2D eigenvalue weighted by molar-refractivity contribution is 5.16. The summed E-state index contributed by atoms with van der Waals surface area (Å²) in [7, 11) is 0. The molecule has 0 aromatic rings. The van der Waals surface area contributed by atoms with Crippen molar-refractivity contribution < 1.29 is 9.84 Å². The summed E-state index contributed by atoms with van der Waals surface area (Å²) in [6.45, 7) is 3.97. The zero-order chi connectivity index (χ0) is 13.1. The molecule has 0 bridgehead atoms. The molecule has 0 aromatic heterocycles. The van der Waals surface area contributed by atoms with Gasteiger partial charge < -0.3 is 9.84 Å². The molecule has 19 heavy (non-hydrogen) atoms. The van der Waals surface area contributed by atoms with Crippen molar-refractivity contribution in [2.24, 2.45) is 29.1 Å². The van der Waals surface area contributed by atoms with E-state index in [0.29, 0.717) is 17.6 Å². The summed E-state index contributed by atoms with van der Waals surface area (Å²) in [5, 5.41) is 9.17. The van der Waals surface area contributed by atoms with Crippen LogP contribution in [0.1, 0.15) is 58.3 Å². The largest absolute Gasteiger partial charge is 0.396 e. The first-order chi connectivity index (χ1) is 9.18. The molecule has 1 spiro atoms. The molecule has 4 rings (SSSR count). The Balaban J connectivity index is 1.52. The number of fused-ring (bicyclic) bond motifs is 4. The number of hydrogen-bond acceptors (Lipinski definition) is 2. The molecular weight excluding hydrogens is 236 g/mol. The number of epoxide rings is 1. The molecule has 4 fully saturated rings. The lowest BCUT2D eigenvalue weighted by Crippen LogP contribution is -2.46. The van der Waals surface area contributed by atoms with Crippen LogP contribution in [0.25, 0.3) is 0 Å². The topological polar surface area (TPSA) is 32.8 Å². The van der Waals surface area contributed by atoms with Gasteiger partial charge in [0.05, 0.1) is 12.2 Å². The van der Waals surface area contributed by atoms with Crippen LogP contribution >= 0.6 is 0 Å². The number of ether oxygens (including phenoxy) is 1. The van der Waals surface area contributed by atoms with Gasteiger partial charge in [-0.1, -0.05) is 13.3 Å². The summed E-state index contributed by atoms with van der Waals surface area (Å²) in [6.07, 6.45) is 10.8. The van der Waals surface area contributed by atoms with Gasteiger partial charge in [-0.15, -0.1) is 0 Å². The maximum Gasteiger partial charge on any atom is 0.0972 e. The average molecular weight is 264 g/mol. The molecule has 4 aliphatic rings. The standard InChI is InChI=1S/C17H28O2/c1-16-7-4-13-10-12(6-9-18)2-3-14(13)15(16)5-8-17(16)11-19-17/h12-15,18H,2-11H2,1H3/t12-,13+,14+,15-,16-,17+/m0/s1. The fourth-order valence-electron chi connectivity index (χ4n) is 6.17. The molecule has 3 saturated carbocycles. The van der Waals surface area contributed by atoms with Crippen LogP contribution in [0.15, 0.2) is 0 Å². The quantitative estimate of drug-likeness (QED) is 0.776. The highest BCUT2D eigenvalue weighted by Gasteiger charge is 2.68. The number of rotatable bonds is 2. The van der Waals surface area contributed by atoms with Crippen molar-refractivity contribution in [2.45, 2.75) is 63.9 Å².